The first-order valence-electron chi connectivity index (χ1n) is 6.96. The topological polar surface area (TPSA) is 112 Å². The van der Waals surface area contributed by atoms with Crippen molar-refractivity contribution in [2.24, 2.45) is 0 Å². The van der Waals surface area contributed by atoms with E-state index in [1.807, 2.05) is 6.07 Å². The number of nitrogens with one attached hydrogen (secondary N) is 2. The third-order valence-corrected chi connectivity index (χ3v) is 4.68. The summed E-state index contributed by atoms with van der Waals surface area (Å²) in [5.74, 6) is -0.480. The van der Waals surface area contributed by atoms with Crippen molar-refractivity contribution in [1.82, 2.24) is 15.0 Å². The molecule has 0 aliphatic heterocycles. The number of carbonyl (C=O) groups is 1. The number of fused-ring (bicyclic) bond motifs is 1. The number of hydrogen-bond acceptors (Lipinski definition) is 5. The number of carbonyl (C=O) groups excluding carboxylic acids is 1. The third kappa shape index (κ3) is 4.25. The Balaban J connectivity index is 2.13. The quantitative estimate of drug-likeness (QED) is 0.764. The minimum absolute atomic E-state index is 0.0645. The molecule has 0 saturated carbocycles. The van der Waals surface area contributed by atoms with Crippen molar-refractivity contribution >= 4 is 26.8 Å². The summed E-state index contributed by atoms with van der Waals surface area (Å²) in [6, 6.07) is 9.00. The van der Waals surface area contributed by atoms with Gasteiger partial charge in [0.2, 0.25) is 15.9 Å². The van der Waals surface area contributed by atoms with E-state index in [2.05, 4.69) is 15.0 Å². The summed E-state index contributed by atoms with van der Waals surface area (Å²) in [6.07, 6.45) is 1.80. The standard InChI is InChI=1S/C15H16N4O3S/c1-11(15(20)18-9-3-7-16)19-23(21,22)13-5-6-14-12(10-13)4-2-8-17-14/h2,4-6,8,10-11,19H,3,9H2,1H3,(H,18,20). The maximum Gasteiger partial charge on any atom is 0.241 e. The van der Waals surface area contributed by atoms with Crippen LogP contribution in [0, 0.1) is 11.3 Å². The van der Waals surface area contributed by atoms with Crippen LogP contribution in [0.4, 0.5) is 0 Å². The molecule has 1 atom stereocenters. The van der Waals surface area contributed by atoms with E-state index in [4.69, 9.17) is 5.26 Å². The number of benzene rings is 1. The zero-order chi connectivity index (χ0) is 16.9. The van der Waals surface area contributed by atoms with E-state index >= 15 is 0 Å². The summed E-state index contributed by atoms with van der Waals surface area (Å²) in [7, 11) is -3.83. The average Bonchev–Trinajstić information content (AvgIpc) is 2.54. The summed E-state index contributed by atoms with van der Waals surface area (Å²) < 4.78 is 27.0. The number of nitriles is 1. The molecule has 1 aromatic heterocycles. The predicted molar refractivity (Wildman–Crippen MR) is 84.8 cm³/mol. The number of hydrogen-bond donors (Lipinski definition) is 2. The van der Waals surface area contributed by atoms with Gasteiger partial charge in [-0.1, -0.05) is 6.07 Å². The molecular formula is C15H16N4O3S. The maximum absolute atomic E-state index is 12.4. The van der Waals surface area contributed by atoms with Crippen molar-refractivity contribution in [3.05, 3.63) is 36.5 Å². The van der Waals surface area contributed by atoms with Crippen molar-refractivity contribution in [2.75, 3.05) is 6.54 Å². The van der Waals surface area contributed by atoms with Crippen LogP contribution in [0.3, 0.4) is 0 Å². The lowest BCUT2D eigenvalue weighted by Crippen LogP contribution is -2.44. The van der Waals surface area contributed by atoms with E-state index in [1.54, 1.807) is 24.4 Å². The van der Waals surface area contributed by atoms with Gasteiger partial charge in [0.15, 0.2) is 0 Å². The number of sulfonamides is 1. The molecule has 7 nitrogen and oxygen atoms in total. The largest absolute Gasteiger partial charge is 0.354 e. The summed E-state index contributed by atoms with van der Waals surface area (Å²) in [4.78, 5) is 16.0. The smallest absolute Gasteiger partial charge is 0.241 e. The summed E-state index contributed by atoms with van der Waals surface area (Å²) in [6.45, 7) is 1.63. The fraction of sp³-hybridized carbons (Fsp3) is 0.267. The Morgan fingerprint density at radius 1 is 1.39 bits per heavy atom. The van der Waals surface area contributed by atoms with E-state index in [0.29, 0.717) is 10.9 Å². The molecule has 0 spiro atoms. The Morgan fingerprint density at radius 3 is 2.91 bits per heavy atom. The molecule has 8 heteroatoms. The zero-order valence-corrected chi connectivity index (χ0v) is 13.3. The number of nitrogens with zero attached hydrogens (tertiary/aromatic N) is 2. The molecule has 1 heterocycles. The lowest BCUT2D eigenvalue weighted by molar-refractivity contribution is -0.122. The number of pyridine rings is 1. The first-order valence-corrected chi connectivity index (χ1v) is 8.44. The molecule has 0 aliphatic carbocycles. The van der Waals surface area contributed by atoms with Crippen LogP contribution in [0.15, 0.2) is 41.4 Å². The minimum atomic E-state index is -3.83. The summed E-state index contributed by atoms with van der Waals surface area (Å²) >= 11 is 0. The molecular weight excluding hydrogens is 316 g/mol. The van der Waals surface area contributed by atoms with Gasteiger partial charge in [-0.15, -0.1) is 0 Å². The second kappa shape index (κ2) is 7.17. The first kappa shape index (κ1) is 16.9. The highest BCUT2D eigenvalue weighted by molar-refractivity contribution is 7.89. The molecule has 0 bridgehead atoms. The summed E-state index contributed by atoms with van der Waals surface area (Å²) in [5, 5.41) is 11.6. The van der Waals surface area contributed by atoms with Crippen LogP contribution in [0.25, 0.3) is 10.9 Å². The van der Waals surface area contributed by atoms with Crippen molar-refractivity contribution in [3.8, 4) is 6.07 Å². The highest BCUT2D eigenvalue weighted by Crippen LogP contribution is 2.17. The van der Waals surface area contributed by atoms with E-state index in [9.17, 15) is 13.2 Å². The minimum Gasteiger partial charge on any atom is -0.354 e. The fourth-order valence-corrected chi connectivity index (χ4v) is 3.21. The van der Waals surface area contributed by atoms with Crippen LogP contribution in [-0.2, 0) is 14.8 Å². The van der Waals surface area contributed by atoms with Gasteiger partial charge in [-0.3, -0.25) is 9.78 Å². The van der Waals surface area contributed by atoms with Gasteiger partial charge >= 0.3 is 0 Å². The third-order valence-electron chi connectivity index (χ3n) is 3.15. The van der Waals surface area contributed by atoms with Crippen LogP contribution < -0.4 is 10.0 Å². The van der Waals surface area contributed by atoms with Gasteiger partial charge in [0, 0.05) is 18.1 Å². The van der Waals surface area contributed by atoms with Crippen LogP contribution in [0.5, 0.6) is 0 Å². The SMILES string of the molecule is CC(NS(=O)(=O)c1ccc2ncccc2c1)C(=O)NCCC#N. The van der Waals surface area contributed by atoms with E-state index in [0.717, 1.165) is 0 Å². The van der Waals surface area contributed by atoms with E-state index < -0.39 is 22.0 Å². The number of rotatable bonds is 6. The zero-order valence-electron chi connectivity index (χ0n) is 12.5. The molecule has 0 fully saturated rings. The fourth-order valence-electron chi connectivity index (χ4n) is 1.97. The van der Waals surface area contributed by atoms with Gasteiger partial charge in [0.05, 0.1) is 28.9 Å². The molecule has 0 saturated heterocycles. The van der Waals surface area contributed by atoms with Crippen LogP contribution in [0.2, 0.25) is 0 Å². The highest BCUT2D eigenvalue weighted by atomic mass is 32.2. The lowest BCUT2D eigenvalue weighted by atomic mass is 10.2. The second-order valence-electron chi connectivity index (χ2n) is 4.90. The van der Waals surface area contributed by atoms with Gasteiger partial charge < -0.3 is 5.32 Å². The Kier molecular flexibility index (Phi) is 5.26. The van der Waals surface area contributed by atoms with Crippen LogP contribution in [0.1, 0.15) is 13.3 Å². The molecule has 2 aromatic rings. The van der Waals surface area contributed by atoms with Gasteiger partial charge in [-0.05, 0) is 31.2 Å². The van der Waals surface area contributed by atoms with Gasteiger partial charge in [0.25, 0.3) is 0 Å². The van der Waals surface area contributed by atoms with Crippen molar-refractivity contribution in [3.63, 3.8) is 0 Å². The Hall–Kier alpha value is -2.50. The molecule has 120 valence electrons. The van der Waals surface area contributed by atoms with Gasteiger partial charge in [-0.2, -0.15) is 9.98 Å². The molecule has 2 rings (SSSR count). The lowest BCUT2D eigenvalue weighted by Gasteiger charge is -2.14. The molecule has 1 amide bonds. The van der Waals surface area contributed by atoms with Crippen molar-refractivity contribution < 1.29 is 13.2 Å². The molecule has 1 aromatic carbocycles. The van der Waals surface area contributed by atoms with Crippen molar-refractivity contribution in [1.29, 1.82) is 5.26 Å². The van der Waals surface area contributed by atoms with Crippen LogP contribution in [-0.4, -0.2) is 31.9 Å². The van der Waals surface area contributed by atoms with Crippen LogP contribution >= 0.6 is 0 Å². The molecule has 23 heavy (non-hydrogen) atoms. The first-order chi connectivity index (χ1) is 10.9. The monoisotopic (exact) mass is 332 g/mol. The highest BCUT2D eigenvalue weighted by Gasteiger charge is 2.22. The maximum atomic E-state index is 12.4. The van der Waals surface area contributed by atoms with Gasteiger partial charge in [-0.25, -0.2) is 8.42 Å². The van der Waals surface area contributed by atoms with E-state index in [-0.39, 0.29) is 17.9 Å². The normalized spacial score (nSPS) is 12.5. The van der Waals surface area contributed by atoms with Crippen molar-refractivity contribution in [2.45, 2.75) is 24.3 Å². The van der Waals surface area contributed by atoms with Gasteiger partial charge in [0.1, 0.15) is 0 Å². The Morgan fingerprint density at radius 2 is 2.17 bits per heavy atom. The molecule has 0 radical (unpaired) electrons. The second-order valence-corrected chi connectivity index (χ2v) is 6.61. The number of amides is 1. The Labute approximate surface area is 134 Å². The molecule has 2 N–H and O–H groups in total. The predicted octanol–water partition coefficient (Wildman–Crippen LogP) is 0.931. The average molecular weight is 332 g/mol. The number of aromatic nitrogens is 1. The summed E-state index contributed by atoms with van der Waals surface area (Å²) in [5.41, 5.74) is 0.689. The molecule has 0 aliphatic rings. The molecule has 1 unspecified atom stereocenters. The van der Waals surface area contributed by atoms with E-state index in [1.165, 1.54) is 19.1 Å². The Bertz CT molecular complexity index is 858.